The quantitative estimate of drug-likeness (QED) is 0.311. The molecule has 0 aromatic rings. The van der Waals surface area contributed by atoms with Crippen molar-refractivity contribution < 1.29 is 0 Å². The van der Waals surface area contributed by atoms with Crippen molar-refractivity contribution in [3.8, 4) is 0 Å². The van der Waals surface area contributed by atoms with Crippen LogP contribution in [0, 0.1) is 29.1 Å². The molecule has 4 saturated carbocycles. The summed E-state index contributed by atoms with van der Waals surface area (Å²) >= 11 is 0. The Morgan fingerprint density at radius 2 is 1.04 bits per heavy atom. The molecule has 0 heterocycles. The fraction of sp³-hybridized carbons (Fsp3) is 0.852. The zero-order chi connectivity index (χ0) is 18.5. The Labute approximate surface area is 169 Å². The van der Waals surface area contributed by atoms with Crippen LogP contribution in [0.5, 0.6) is 0 Å². The van der Waals surface area contributed by atoms with Crippen molar-refractivity contribution in [3.63, 3.8) is 0 Å². The average Bonchev–Trinajstić information content (AvgIpc) is 3.47. The van der Waals surface area contributed by atoms with Gasteiger partial charge in [-0.3, -0.25) is 0 Å². The highest BCUT2D eigenvalue weighted by Gasteiger charge is 2.55. The van der Waals surface area contributed by atoms with E-state index >= 15 is 0 Å². The Hall–Kier alpha value is -0.520. The van der Waals surface area contributed by atoms with Crippen molar-refractivity contribution in [1.82, 2.24) is 0 Å². The van der Waals surface area contributed by atoms with Gasteiger partial charge in [0.2, 0.25) is 0 Å². The maximum absolute atomic E-state index is 4.09. The first-order chi connectivity index (χ1) is 13.4. The first kappa shape index (κ1) is 19.8. The van der Waals surface area contributed by atoms with E-state index in [-0.39, 0.29) is 0 Å². The zero-order valence-electron chi connectivity index (χ0n) is 17.9. The van der Waals surface area contributed by atoms with Gasteiger partial charge >= 0.3 is 0 Å². The van der Waals surface area contributed by atoms with E-state index in [0.29, 0.717) is 5.41 Å². The normalized spacial score (nSPS) is 29.4. The van der Waals surface area contributed by atoms with Crippen LogP contribution in [0.15, 0.2) is 24.3 Å². The van der Waals surface area contributed by atoms with Gasteiger partial charge < -0.3 is 0 Å². The molecule has 0 radical (unpaired) electrons. The van der Waals surface area contributed by atoms with Crippen LogP contribution < -0.4 is 0 Å². The van der Waals surface area contributed by atoms with Gasteiger partial charge in [0.1, 0.15) is 0 Å². The van der Waals surface area contributed by atoms with Crippen LogP contribution in [0.1, 0.15) is 116 Å². The third kappa shape index (κ3) is 4.11. The van der Waals surface area contributed by atoms with Crippen molar-refractivity contribution in [3.05, 3.63) is 24.3 Å². The predicted molar refractivity (Wildman–Crippen MR) is 118 cm³/mol. The molecule has 0 amide bonds. The zero-order valence-corrected chi connectivity index (χ0v) is 17.9. The van der Waals surface area contributed by atoms with Crippen LogP contribution in [0.25, 0.3) is 0 Å². The van der Waals surface area contributed by atoms with Gasteiger partial charge in [0.25, 0.3) is 0 Å². The SMILES string of the molecule is C=CCC=C(C1CC1)C(C1CCCCCC1)(C1CCCCC1)C1CCCC1. The van der Waals surface area contributed by atoms with Crippen LogP contribution >= 0.6 is 0 Å². The first-order valence-electron chi connectivity index (χ1n) is 12.7. The van der Waals surface area contributed by atoms with Crippen molar-refractivity contribution in [1.29, 1.82) is 0 Å². The van der Waals surface area contributed by atoms with Gasteiger partial charge in [-0.05, 0) is 86.9 Å². The maximum atomic E-state index is 4.09. The minimum atomic E-state index is 0.575. The van der Waals surface area contributed by atoms with Gasteiger partial charge in [-0.25, -0.2) is 0 Å². The lowest BCUT2D eigenvalue weighted by molar-refractivity contribution is 0.00689. The Morgan fingerprint density at radius 3 is 1.44 bits per heavy atom. The van der Waals surface area contributed by atoms with E-state index in [9.17, 15) is 0 Å². The number of allylic oxidation sites excluding steroid dienone is 3. The molecule has 4 aliphatic carbocycles. The largest absolute Gasteiger partial charge is 0.103 e. The maximum Gasteiger partial charge on any atom is -0.0000563 e. The van der Waals surface area contributed by atoms with Crippen molar-refractivity contribution in [2.75, 3.05) is 0 Å². The number of hydrogen-bond acceptors (Lipinski definition) is 0. The van der Waals surface area contributed by atoms with Crippen molar-refractivity contribution >= 4 is 0 Å². The molecule has 152 valence electrons. The van der Waals surface area contributed by atoms with E-state index in [1.54, 1.807) is 0 Å². The Balaban J connectivity index is 1.79. The summed E-state index contributed by atoms with van der Waals surface area (Å²) in [6.45, 7) is 4.09. The summed E-state index contributed by atoms with van der Waals surface area (Å²) in [5.74, 6) is 3.92. The highest BCUT2D eigenvalue weighted by Crippen LogP contribution is 2.64. The molecule has 0 N–H and O–H groups in total. The highest BCUT2D eigenvalue weighted by atomic mass is 14.6. The summed E-state index contributed by atoms with van der Waals surface area (Å²) in [7, 11) is 0. The molecule has 0 aliphatic heterocycles. The minimum Gasteiger partial charge on any atom is -0.103 e. The second-order valence-corrected chi connectivity index (χ2v) is 10.4. The van der Waals surface area contributed by atoms with E-state index in [1.807, 2.05) is 5.57 Å². The molecule has 0 nitrogen and oxygen atoms in total. The van der Waals surface area contributed by atoms with Crippen LogP contribution in [-0.2, 0) is 0 Å². The summed E-state index contributed by atoms with van der Waals surface area (Å²) in [5.41, 5.74) is 2.55. The molecular formula is C27H44. The standard InChI is InChI=1S/C27H44/c1-2-3-19-26(22-20-21-22)27(25-17-11-12-18-25,24-15-9-6-10-16-24)23-13-7-4-5-8-14-23/h2,19,22-25H,1,3-18,20-21H2. The van der Waals surface area contributed by atoms with Gasteiger partial charge in [0.15, 0.2) is 0 Å². The third-order valence-electron chi connectivity index (χ3n) is 8.86. The molecule has 0 heteroatoms. The predicted octanol–water partition coefficient (Wildman–Crippen LogP) is 8.63. The fourth-order valence-electron chi connectivity index (χ4n) is 7.75. The van der Waals surface area contributed by atoms with E-state index < -0.39 is 0 Å². The lowest BCUT2D eigenvalue weighted by Crippen LogP contribution is -2.47. The molecule has 0 spiro atoms. The van der Waals surface area contributed by atoms with E-state index in [2.05, 4.69) is 18.7 Å². The number of rotatable bonds is 7. The third-order valence-corrected chi connectivity index (χ3v) is 8.86. The topological polar surface area (TPSA) is 0 Å². The van der Waals surface area contributed by atoms with E-state index in [0.717, 1.165) is 30.1 Å². The molecule has 4 fully saturated rings. The highest BCUT2D eigenvalue weighted by molar-refractivity contribution is 5.28. The summed E-state index contributed by atoms with van der Waals surface area (Å²) < 4.78 is 0. The van der Waals surface area contributed by atoms with Crippen LogP contribution in [0.2, 0.25) is 0 Å². The van der Waals surface area contributed by atoms with Gasteiger partial charge in [-0.2, -0.15) is 0 Å². The Bertz CT molecular complexity index is 490. The van der Waals surface area contributed by atoms with Gasteiger partial charge in [-0.1, -0.05) is 75.5 Å². The van der Waals surface area contributed by atoms with E-state index in [1.165, 1.54) is 109 Å². The molecule has 1 unspecified atom stereocenters. The van der Waals surface area contributed by atoms with Gasteiger partial charge in [-0.15, -0.1) is 6.58 Å². The van der Waals surface area contributed by atoms with Crippen molar-refractivity contribution in [2.24, 2.45) is 29.1 Å². The van der Waals surface area contributed by atoms with Crippen LogP contribution in [0.4, 0.5) is 0 Å². The van der Waals surface area contributed by atoms with Crippen molar-refractivity contribution in [2.45, 2.75) is 116 Å². The molecule has 4 rings (SSSR count). The summed E-state index contributed by atoms with van der Waals surface area (Å²) in [5, 5.41) is 0. The van der Waals surface area contributed by atoms with Crippen LogP contribution in [0.3, 0.4) is 0 Å². The minimum absolute atomic E-state index is 0.575. The molecule has 4 aliphatic rings. The summed E-state index contributed by atoms with van der Waals surface area (Å²) in [6, 6.07) is 0. The molecule has 0 bridgehead atoms. The second-order valence-electron chi connectivity index (χ2n) is 10.4. The lowest BCUT2D eigenvalue weighted by atomic mass is 9.50. The van der Waals surface area contributed by atoms with E-state index in [4.69, 9.17) is 0 Å². The second kappa shape index (κ2) is 9.32. The Kier molecular flexibility index (Phi) is 6.83. The first-order valence-corrected chi connectivity index (χ1v) is 12.7. The Morgan fingerprint density at radius 1 is 0.630 bits per heavy atom. The molecule has 0 saturated heterocycles. The monoisotopic (exact) mass is 368 g/mol. The summed E-state index contributed by atoms with van der Waals surface area (Å²) in [6.07, 6.45) is 31.7. The molecule has 1 atom stereocenters. The fourth-order valence-corrected chi connectivity index (χ4v) is 7.75. The smallest absolute Gasteiger partial charge is 0.0000563 e. The summed E-state index contributed by atoms with van der Waals surface area (Å²) in [4.78, 5) is 0. The van der Waals surface area contributed by atoms with Gasteiger partial charge in [0, 0.05) is 0 Å². The molecule has 0 aromatic heterocycles. The van der Waals surface area contributed by atoms with Crippen LogP contribution in [-0.4, -0.2) is 0 Å². The average molecular weight is 369 g/mol. The number of hydrogen-bond donors (Lipinski definition) is 0. The van der Waals surface area contributed by atoms with Gasteiger partial charge in [0.05, 0.1) is 0 Å². The molecular weight excluding hydrogens is 324 g/mol. The molecule has 0 aromatic carbocycles. The molecule has 27 heavy (non-hydrogen) atoms. The lowest BCUT2D eigenvalue weighted by Gasteiger charge is -2.54.